The first-order valence-corrected chi connectivity index (χ1v) is 12.1. The molecule has 1 aliphatic rings. The summed E-state index contributed by atoms with van der Waals surface area (Å²) in [6.45, 7) is 6.56. The molecule has 1 amide bonds. The molecule has 2 N–H and O–H groups in total. The van der Waals surface area contributed by atoms with E-state index in [1.807, 2.05) is 37.3 Å². The number of aryl methyl sites for hydroxylation is 1. The second-order valence-corrected chi connectivity index (χ2v) is 9.49. The second kappa shape index (κ2) is 11.4. The third-order valence-corrected chi connectivity index (χ3v) is 6.77. The Labute approximate surface area is 184 Å². The average molecular weight is 446 g/mol. The van der Waals surface area contributed by atoms with Crippen molar-refractivity contribution in [3.05, 3.63) is 65.7 Å². The predicted octanol–water partition coefficient (Wildman–Crippen LogP) is 1.72. The van der Waals surface area contributed by atoms with Gasteiger partial charge in [-0.15, -0.1) is 0 Å². The summed E-state index contributed by atoms with van der Waals surface area (Å²) in [6, 6.07) is 15.1. The number of sulfonamides is 1. The van der Waals surface area contributed by atoms with Crippen LogP contribution >= 0.6 is 0 Å². The Bertz CT molecular complexity index is 927. The van der Waals surface area contributed by atoms with Crippen molar-refractivity contribution < 1.29 is 17.9 Å². The first-order valence-electron chi connectivity index (χ1n) is 10.6. The topological polar surface area (TPSA) is 87.7 Å². The van der Waals surface area contributed by atoms with Crippen molar-refractivity contribution in [2.24, 2.45) is 0 Å². The number of morpholine rings is 1. The maximum atomic E-state index is 12.9. The van der Waals surface area contributed by atoms with E-state index >= 15 is 0 Å². The Morgan fingerprint density at radius 2 is 1.74 bits per heavy atom. The zero-order valence-corrected chi connectivity index (χ0v) is 18.7. The highest BCUT2D eigenvalue weighted by Crippen LogP contribution is 2.12. The van der Waals surface area contributed by atoms with Crippen LogP contribution in [-0.4, -0.2) is 64.7 Å². The van der Waals surface area contributed by atoms with E-state index in [1.54, 1.807) is 24.3 Å². The molecule has 1 heterocycles. The van der Waals surface area contributed by atoms with Crippen LogP contribution in [0.3, 0.4) is 0 Å². The summed E-state index contributed by atoms with van der Waals surface area (Å²) in [5.41, 5.74) is 1.86. The molecule has 0 spiro atoms. The molecule has 2 aromatic carbocycles. The Morgan fingerprint density at radius 1 is 1.06 bits per heavy atom. The van der Waals surface area contributed by atoms with Gasteiger partial charge in [0.15, 0.2) is 0 Å². The standard InChI is InChI=1S/C23H31N3O4S/c1-19-8-10-21(11-9-19)31(28,29)25-22(18-20-6-3-2-4-7-20)23(27)24-12-5-13-26-14-16-30-17-15-26/h2-4,6-11,22,25H,5,12-18H2,1H3,(H,24,27)/t22-/m1/s1. The highest BCUT2D eigenvalue weighted by Gasteiger charge is 2.26. The lowest BCUT2D eigenvalue weighted by atomic mass is 10.1. The van der Waals surface area contributed by atoms with E-state index in [9.17, 15) is 13.2 Å². The van der Waals surface area contributed by atoms with Gasteiger partial charge in [-0.3, -0.25) is 9.69 Å². The average Bonchev–Trinajstić information content (AvgIpc) is 2.78. The molecule has 0 unspecified atom stereocenters. The number of hydrogen-bond acceptors (Lipinski definition) is 5. The van der Waals surface area contributed by atoms with Gasteiger partial charge in [0.1, 0.15) is 6.04 Å². The van der Waals surface area contributed by atoms with E-state index in [2.05, 4.69) is 14.9 Å². The molecule has 0 aromatic heterocycles. The highest BCUT2D eigenvalue weighted by atomic mass is 32.2. The van der Waals surface area contributed by atoms with Crippen LogP contribution in [0.1, 0.15) is 17.5 Å². The van der Waals surface area contributed by atoms with Crippen LogP contribution in [0.15, 0.2) is 59.5 Å². The van der Waals surface area contributed by atoms with E-state index in [-0.39, 0.29) is 17.2 Å². The summed E-state index contributed by atoms with van der Waals surface area (Å²) >= 11 is 0. The molecule has 0 radical (unpaired) electrons. The number of benzene rings is 2. The molecule has 0 saturated carbocycles. The zero-order chi connectivity index (χ0) is 22.1. The quantitative estimate of drug-likeness (QED) is 0.544. The number of rotatable bonds is 10. The minimum Gasteiger partial charge on any atom is -0.379 e. The molecule has 2 aromatic rings. The first kappa shape index (κ1) is 23.4. The molecular weight excluding hydrogens is 414 g/mol. The van der Waals surface area contributed by atoms with Crippen LogP contribution in [0.5, 0.6) is 0 Å². The van der Waals surface area contributed by atoms with Crippen LogP contribution in [0.4, 0.5) is 0 Å². The number of nitrogens with zero attached hydrogens (tertiary/aromatic N) is 1. The van der Waals surface area contributed by atoms with Crippen molar-refractivity contribution in [1.82, 2.24) is 14.9 Å². The van der Waals surface area contributed by atoms with Crippen molar-refractivity contribution in [1.29, 1.82) is 0 Å². The monoisotopic (exact) mass is 445 g/mol. The van der Waals surface area contributed by atoms with E-state index in [0.717, 1.165) is 50.4 Å². The van der Waals surface area contributed by atoms with E-state index < -0.39 is 16.1 Å². The number of hydrogen-bond donors (Lipinski definition) is 2. The molecule has 1 aliphatic heterocycles. The van der Waals surface area contributed by atoms with Gasteiger partial charge in [0.2, 0.25) is 15.9 Å². The Kier molecular flexibility index (Phi) is 8.60. The van der Waals surface area contributed by atoms with Crippen molar-refractivity contribution >= 4 is 15.9 Å². The van der Waals surface area contributed by atoms with Crippen molar-refractivity contribution in [3.63, 3.8) is 0 Å². The molecule has 168 valence electrons. The van der Waals surface area contributed by atoms with Crippen molar-refractivity contribution in [2.45, 2.75) is 30.7 Å². The number of ether oxygens (including phenoxy) is 1. The van der Waals surface area contributed by atoms with Gasteiger partial charge in [-0.05, 0) is 44.0 Å². The molecule has 1 saturated heterocycles. The number of nitrogens with one attached hydrogen (secondary N) is 2. The molecule has 1 atom stereocenters. The molecule has 7 nitrogen and oxygen atoms in total. The van der Waals surface area contributed by atoms with Gasteiger partial charge in [-0.2, -0.15) is 4.72 Å². The van der Waals surface area contributed by atoms with Crippen molar-refractivity contribution in [2.75, 3.05) is 39.4 Å². The lowest BCUT2D eigenvalue weighted by Gasteiger charge is -2.26. The summed E-state index contributed by atoms with van der Waals surface area (Å²) in [5.74, 6) is -0.318. The highest BCUT2D eigenvalue weighted by molar-refractivity contribution is 7.89. The van der Waals surface area contributed by atoms with Crippen LogP contribution < -0.4 is 10.0 Å². The largest absolute Gasteiger partial charge is 0.379 e. The maximum Gasteiger partial charge on any atom is 0.241 e. The predicted molar refractivity (Wildman–Crippen MR) is 120 cm³/mol. The van der Waals surface area contributed by atoms with E-state index in [4.69, 9.17) is 4.74 Å². The lowest BCUT2D eigenvalue weighted by molar-refractivity contribution is -0.122. The van der Waals surface area contributed by atoms with Gasteiger partial charge in [0, 0.05) is 19.6 Å². The van der Waals surface area contributed by atoms with Gasteiger partial charge in [-0.1, -0.05) is 48.0 Å². The van der Waals surface area contributed by atoms with E-state index in [0.29, 0.717) is 6.54 Å². The Morgan fingerprint density at radius 3 is 2.42 bits per heavy atom. The number of carbonyl (C=O) groups excluding carboxylic acids is 1. The van der Waals surface area contributed by atoms with Gasteiger partial charge in [-0.25, -0.2) is 8.42 Å². The Balaban J connectivity index is 1.62. The van der Waals surface area contributed by atoms with Gasteiger partial charge in [0.05, 0.1) is 18.1 Å². The van der Waals surface area contributed by atoms with Crippen molar-refractivity contribution in [3.8, 4) is 0 Å². The zero-order valence-electron chi connectivity index (χ0n) is 17.9. The summed E-state index contributed by atoms with van der Waals surface area (Å²) in [6.07, 6.45) is 1.08. The second-order valence-electron chi connectivity index (χ2n) is 7.78. The van der Waals surface area contributed by atoms with Crippen LogP contribution in [0, 0.1) is 6.92 Å². The Hall–Kier alpha value is -2.26. The summed E-state index contributed by atoms with van der Waals surface area (Å²) < 4.78 is 33.7. The van der Waals surface area contributed by atoms with Gasteiger partial charge >= 0.3 is 0 Å². The molecule has 0 bridgehead atoms. The maximum absolute atomic E-state index is 12.9. The van der Waals surface area contributed by atoms with Crippen LogP contribution in [0.25, 0.3) is 0 Å². The third-order valence-electron chi connectivity index (χ3n) is 5.28. The summed E-state index contributed by atoms with van der Waals surface area (Å²) in [7, 11) is -3.82. The lowest BCUT2D eigenvalue weighted by Crippen LogP contribution is -2.48. The molecular formula is C23H31N3O4S. The molecule has 0 aliphatic carbocycles. The fourth-order valence-corrected chi connectivity index (χ4v) is 4.67. The summed E-state index contributed by atoms with van der Waals surface area (Å²) in [4.78, 5) is 15.3. The first-order chi connectivity index (χ1) is 14.9. The minimum atomic E-state index is -3.82. The number of amides is 1. The van der Waals surface area contributed by atoms with Gasteiger partial charge in [0.25, 0.3) is 0 Å². The van der Waals surface area contributed by atoms with Crippen LogP contribution in [0.2, 0.25) is 0 Å². The van der Waals surface area contributed by atoms with Gasteiger partial charge < -0.3 is 10.1 Å². The molecule has 3 rings (SSSR count). The third kappa shape index (κ3) is 7.43. The normalized spacial score (nSPS) is 16.0. The smallest absolute Gasteiger partial charge is 0.241 e. The minimum absolute atomic E-state index is 0.149. The number of carbonyl (C=O) groups is 1. The SMILES string of the molecule is Cc1ccc(S(=O)(=O)N[C@H](Cc2ccccc2)C(=O)NCCCN2CCOCC2)cc1. The fraction of sp³-hybridized carbons (Fsp3) is 0.435. The van der Waals surface area contributed by atoms with Crippen LogP contribution in [-0.2, 0) is 26.0 Å². The molecule has 31 heavy (non-hydrogen) atoms. The molecule has 1 fully saturated rings. The fourth-order valence-electron chi connectivity index (χ4n) is 3.47. The van der Waals surface area contributed by atoms with E-state index in [1.165, 1.54) is 0 Å². The summed E-state index contributed by atoms with van der Waals surface area (Å²) in [5, 5.41) is 2.90. The molecule has 8 heteroatoms.